The third-order valence-electron chi connectivity index (χ3n) is 4.68. The predicted octanol–water partition coefficient (Wildman–Crippen LogP) is 1.91. The van der Waals surface area contributed by atoms with Gasteiger partial charge in [0.1, 0.15) is 9.86 Å². The molecule has 27 heavy (non-hydrogen) atoms. The maximum atomic E-state index is 12.6. The zero-order chi connectivity index (χ0) is 18.9. The van der Waals surface area contributed by atoms with E-state index < -0.39 is 10.0 Å². The highest BCUT2D eigenvalue weighted by molar-refractivity contribution is 7.91. The summed E-state index contributed by atoms with van der Waals surface area (Å²) in [6.07, 6.45) is 5.26. The number of hydrogen-bond acceptors (Lipinski definition) is 5. The first kappa shape index (κ1) is 18.1. The summed E-state index contributed by atoms with van der Waals surface area (Å²) in [5, 5.41) is 1.75. The average molecular weight is 405 g/mol. The van der Waals surface area contributed by atoms with Crippen LogP contribution in [0.3, 0.4) is 0 Å². The van der Waals surface area contributed by atoms with E-state index in [1.165, 1.54) is 11.3 Å². The van der Waals surface area contributed by atoms with Gasteiger partial charge in [0, 0.05) is 31.5 Å². The number of nitrogens with one attached hydrogen (secondary N) is 1. The number of thiophene rings is 1. The van der Waals surface area contributed by atoms with E-state index in [0.29, 0.717) is 30.1 Å². The molecule has 142 valence electrons. The maximum absolute atomic E-state index is 12.6. The highest BCUT2D eigenvalue weighted by atomic mass is 32.2. The lowest BCUT2D eigenvalue weighted by molar-refractivity contribution is -0.131. The molecule has 3 aromatic rings. The lowest BCUT2D eigenvalue weighted by Crippen LogP contribution is -2.46. The van der Waals surface area contributed by atoms with Crippen LogP contribution in [-0.4, -0.2) is 47.7 Å². The van der Waals surface area contributed by atoms with Gasteiger partial charge in [0.05, 0.1) is 12.1 Å². The molecule has 0 aromatic carbocycles. The summed E-state index contributed by atoms with van der Waals surface area (Å²) in [6, 6.07) is 8.91. The molecule has 1 N–H and O–H groups in total. The zero-order valence-electron chi connectivity index (χ0n) is 14.6. The molecule has 3 aromatic heterocycles. The third-order valence-corrected chi connectivity index (χ3v) is 7.59. The van der Waals surface area contributed by atoms with Crippen LogP contribution >= 0.6 is 11.3 Å². The van der Waals surface area contributed by atoms with Crippen LogP contribution in [0.4, 0.5) is 0 Å². The van der Waals surface area contributed by atoms with Gasteiger partial charge in [0.25, 0.3) is 0 Å². The number of rotatable bonds is 5. The third kappa shape index (κ3) is 4.05. The molecule has 0 bridgehead atoms. The second-order valence-corrected chi connectivity index (χ2v) is 9.47. The Balaban J connectivity index is 1.32. The first-order chi connectivity index (χ1) is 13.0. The minimum Gasteiger partial charge on any atom is -0.342 e. The molecule has 0 unspecified atom stereocenters. The number of sulfonamides is 1. The number of likely N-dealkylation sites (tertiary alicyclic amines) is 1. The predicted molar refractivity (Wildman–Crippen MR) is 103 cm³/mol. The molecule has 4 rings (SSSR count). The zero-order valence-corrected chi connectivity index (χ0v) is 16.2. The molecule has 1 aliphatic heterocycles. The largest absolute Gasteiger partial charge is 0.342 e. The molecule has 1 amide bonds. The minimum absolute atomic E-state index is 0.0259. The van der Waals surface area contributed by atoms with Crippen LogP contribution in [0.2, 0.25) is 0 Å². The number of carbonyl (C=O) groups is 1. The average Bonchev–Trinajstić information content (AvgIpc) is 3.31. The summed E-state index contributed by atoms with van der Waals surface area (Å²) in [5.41, 5.74) is 1.56. The second kappa shape index (κ2) is 7.41. The molecule has 1 aliphatic rings. The molecular formula is C18H20N4O3S2. The molecule has 0 aliphatic carbocycles. The van der Waals surface area contributed by atoms with Gasteiger partial charge in [-0.05, 0) is 36.4 Å². The van der Waals surface area contributed by atoms with Gasteiger partial charge in [-0.3, -0.25) is 4.79 Å². The molecule has 1 saturated heterocycles. The first-order valence-electron chi connectivity index (χ1n) is 8.77. The van der Waals surface area contributed by atoms with E-state index in [2.05, 4.69) is 9.71 Å². The molecule has 7 nitrogen and oxygen atoms in total. The molecule has 0 spiro atoms. The Morgan fingerprint density at radius 1 is 1.22 bits per heavy atom. The summed E-state index contributed by atoms with van der Waals surface area (Å²) in [7, 11) is -3.47. The van der Waals surface area contributed by atoms with Crippen LogP contribution in [0.1, 0.15) is 18.5 Å². The fourth-order valence-corrected chi connectivity index (χ4v) is 5.59. The number of fused-ring (bicyclic) bond motifs is 1. The second-order valence-electron chi connectivity index (χ2n) is 6.58. The summed E-state index contributed by atoms with van der Waals surface area (Å²) < 4.78 is 29.6. The van der Waals surface area contributed by atoms with Gasteiger partial charge in [-0.2, -0.15) is 0 Å². The van der Waals surface area contributed by atoms with Crippen molar-refractivity contribution >= 4 is 32.9 Å². The summed E-state index contributed by atoms with van der Waals surface area (Å²) in [4.78, 5) is 18.8. The highest BCUT2D eigenvalue weighted by Crippen LogP contribution is 2.19. The van der Waals surface area contributed by atoms with Crippen LogP contribution in [0.15, 0.2) is 52.3 Å². The van der Waals surface area contributed by atoms with E-state index in [1.807, 2.05) is 35.0 Å². The van der Waals surface area contributed by atoms with Crippen molar-refractivity contribution in [2.75, 3.05) is 13.1 Å². The number of aromatic nitrogens is 2. The Morgan fingerprint density at radius 3 is 2.74 bits per heavy atom. The van der Waals surface area contributed by atoms with Gasteiger partial charge in [0.15, 0.2) is 0 Å². The number of imidazole rings is 1. The minimum atomic E-state index is -3.47. The number of pyridine rings is 1. The van der Waals surface area contributed by atoms with Gasteiger partial charge in [-0.1, -0.05) is 12.1 Å². The molecule has 1 fully saturated rings. The van der Waals surface area contributed by atoms with Crippen LogP contribution in [0.5, 0.6) is 0 Å². The molecule has 0 radical (unpaired) electrons. The number of carbonyl (C=O) groups excluding carboxylic acids is 1. The monoisotopic (exact) mass is 404 g/mol. The van der Waals surface area contributed by atoms with E-state index in [0.717, 1.165) is 11.3 Å². The van der Waals surface area contributed by atoms with E-state index >= 15 is 0 Å². The summed E-state index contributed by atoms with van der Waals surface area (Å²) in [5.74, 6) is 0.0259. The molecule has 9 heteroatoms. The normalized spacial score (nSPS) is 16.1. The van der Waals surface area contributed by atoms with Crippen molar-refractivity contribution in [3.05, 3.63) is 53.8 Å². The molecule has 0 atom stereocenters. The fourth-order valence-electron chi connectivity index (χ4n) is 3.28. The van der Waals surface area contributed by atoms with Crippen LogP contribution in [-0.2, 0) is 21.2 Å². The van der Waals surface area contributed by atoms with Crippen molar-refractivity contribution < 1.29 is 13.2 Å². The van der Waals surface area contributed by atoms with E-state index in [9.17, 15) is 13.2 Å². The lowest BCUT2D eigenvalue weighted by atomic mass is 10.1. The van der Waals surface area contributed by atoms with E-state index in [-0.39, 0.29) is 18.4 Å². The quantitative estimate of drug-likeness (QED) is 0.704. The van der Waals surface area contributed by atoms with Crippen molar-refractivity contribution in [3.63, 3.8) is 0 Å². The highest BCUT2D eigenvalue weighted by Gasteiger charge is 2.27. The standard InChI is InChI=1S/C18H20N4O3S2/c23-17(12-15-13-22-8-2-1-4-16(22)19-15)21-9-6-14(7-10-21)20-27(24,25)18-5-3-11-26-18/h1-5,8,11,13-14,20H,6-7,9-10,12H2. The lowest BCUT2D eigenvalue weighted by Gasteiger charge is -2.32. The van der Waals surface area contributed by atoms with Crippen molar-refractivity contribution in [1.29, 1.82) is 0 Å². The SMILES string of the molecule is O=C(Cc1cn2ccccc2n1)N1CCC(NS(=O)(=O)c2cccs2)CC1. The Bertz CT molecular complexity index is 1000. The van der Waals surface area contributed by atoms with Gasteiger partial charge in [-0.15, -0.1) is 11.3 Å². The number of nitrogens with zero attached hydrogens (tertiary/aromatic N) is 3. The van der Waals surface area contributed by atoms with Crippen molar-refractivity contribution in [2.24, 2.45) is 0 Å². The fraction of sp³-hybridized carbons (Fsp3) is 0.333. The van der Waals surface area contributed by atoms with Crippen LogP contribution < -0.4 is 4.72 Å². The van der Waals surface area contributed by atoms with Gasteiger partial charge < -0.3 is 9.30 Å². The maximum Gasteiger partial charge on any atom is 0.250 e. The molecular weight excluding hydrogens is 384 g/mol. The van der Waals surface area contributed by atoms with Crippen molar-refractivity contribution in [2.45, 2.75) is 29.5 Å². The summed E-state index contributed by atoms with van der Waals surface area (Å²) >= 11 is 1.20. The Labute approximate surface area is 161 Å². The molecule has 4 heterocycles. The topological polar surface area (TPSA) is 83.8 Å². The number of amides is 1. The van der Waals surface area contributed by atoms with Crippen molar-refractivity contribution in [1.82, 2.24) is 19.0 Å². The van der Waals surface area contributed by atoms with E-state index in [4.69, 9.17) is 0 Å². The van der Waals surface area contributed by atoms with Crippen molar-refractivity contribution in [3.8, 4) is 0 Å². The van der Waals surface area contributed by atoms with Gasteiger partial charge >= 0.3 is 0 Å². The first-order valence-corrected chi connectivity index (χ1v) is 11.1. The number of hydrogen-bond donors (Lipinski definition) is 1. The van der Waals surface area contributed by atoms with Gasteiger partial charge in [-0.25, -0.2) is 18.1 Å². The van der Waals surface area contributed by atoms with Crippen LogP contribution in [0, 0.1) is 0 Å². The van der Waals surface area contributed by atoms with Crippen LogP contribution in [0.25, 0.3) is 5.65 Å². The van der Waals surface area contributed by atoms with Gasteiger partial charge in [0.2, 0.25) is 15.9 Å². The number of piperidine rings is 1. The molecule has 0 saturated carbocycles. The van der Waals surface area contributed by atoms with E-state index in [1.54, 1.807) is 22.4 Å². The Hall–Kier alpha value is -2.23. The summed E-state index contributed by atoms with van der Waals surface area (Å²) in [6.45, 7) is 1.09. The smallest absolute Gasteiger partial charge is 0.250 e. The Kier molecular flexibility index (Phi) is 4.98. The Morgan fingerprint density at radius 2 is 2.04 bits per heavy atom.